The summed E-state index contributed by atoms with van der Waals surface area (Å²) in [6, 6.07) is 5.63. The summed E-state index contributed by atoms with van der Waals surface area (Å²) >= 11 is 6.12. The molecule has 0 spiro atoms. The van der Waals surface area contributed by atoms with Gasteiger partial charge in [-0.15, -0.1) is 12.4 Å². The second kappa shape index (κ2) is 10.9. The fourth-order valence-electron chi connectivity index (χ4n) is 3.13. The summed E-state index contributed by atoms with van der Waals surface area (Å²) < 4.78 is 10.5. The predicted molar refractivity (Wildman–Crippen MR) is 103 cm³/mol. The first-order valence-corrected chi connectivity index (χ1v) is 8.75. The fraction of sp³-hybridized carbons (Fsp3) is 0.611. The lowest BCUT2D eigenvalue weighted by molar-refractivity contribution is -0.122. The van der Waals surface area contributed by atoms with Crippen molar-refractivity contribution < 1.29 is 14.3 Å². The lowest BCUT2D eigenvalue weighted by atomic mass is 9.79. The maximum atomic E-state index is 12.2. The summed E-state index contributed by atoms with van der Waals surface area (Å²) in [6.07, 6.45) is 3.16. The number of aryl methyl sites for hydroxylation is 1. The Morgan fingerprint density at radius 3 is 2.64 bits per heavy atom. The van der Waals surface area contributed by atoms with Gasteiger partial charge in [0.1, 0.15) is 5.75 Å². The number of carbonyl (C=O) groups is 1. The van der Waals surface area contributed by atoms with Gasteiger partial charge in [0, 0.05) is 25.5 Å². The maximum absolute atomic E-state index is 12.2. The van der Waals surface area contributed by atoms with Gasteiger partial charge in [-0.25, -0.2) is 0 Å². The lowest BCUT2D eigenvalue weighted by Gasteiger charge is -2.37. The molecule has 0 bridgehead atoms. The number of hydrogen-bond acceptors (Lipinski definition) is 4. The van der Waals surface area contributed by atoms with Gasteiger partial charge in [0.05, 0.1) is 18.7 Å². The molecule has 25 heavy (non-hydrogen) atoms. The first-order chi connectivity index (χ1) is 11.6. The smallest absolute Gasteiger partial charge is 0.220 e. The number of amides is 1. The van der Waals surface area contributed by atoms with Crippen LogP contribution in [-0.4, -0.2) is 46.4 Å². The van der Waals surface area contributed by atoms with Crippen LogP contribution in [0.1, 0.15) is 24.8 Å². The van der Waals surface area contributed by atoms with E-state index >= 15 is 0 Å². The van der Waals surface area contributed by atoms with Crippen molar-refractivity contribution in [2.45, 2.75) is 25.7 Å². The first-order valence-electron chi connectivity index (χ1n) is 8.37. The van der Waals surface area contributed by atoms with Crippen LogP contribution in [0.4, 0.5) is 0 Å². The molecule has 1 aliphatic heterocycles. The number of ether oxygens (including phenoxy) is 2. The van der Waals surface area contributed by atoms with E-state index in [2.05, 4.69) is 10.6 Å². The molecule has 0 aliphatic carbocycles. The standard InChI is InChI=1S/C18H27ClN2O3.ClH/c1-23-13-18(7-9-20-10-8-18)12-21-17(22)6-4-14-3-5-16(24-2)15(19)11-14;/h3,5,11,20H,4,6-10,12-13H2,1-2H3,(H,21,22);1H. The Hall–Kier alpha value is -1.01. The van der Waals surface area contributed by atoms with Gasteiger partial charge in [-0.05, 0) is 50.0 Å². The van der Waals surface area contributed by atoms with Crippen molar-refractivity contribution in [3.8, 4) is 5.75 Å². The number of hydrogen-bond donors (Lipinski definition) is 2. The summed E-state index contributed by atoms with van der Waals surface area (Å²) in [4.78, 5) is 12.2. The predicted octanol–water partition coefficient (Wildman–Crippen LogP) is 2.84. The monoisotopic (exact) mass is 390 g/mol. The van der Waals surface area contributed by atoms with Crippen LogP contribution in [0.3, 0.4) is 0 Å². The van der Waals surface area contributed by atoms with Crippen molar-refractivity contribution in [1.82, 2.24) is 10.6 Å². The highest BCUT2D eigenvalue weighted by Crippen LogP contribution is 2.28. The molecule has 0 aromatic heterocycles. The van der Waals surface area contributed by atoms with Crippen LogP contribution in [0.5, 0.6) is 5.75 Å². The van der Waals surface area contributed by atoms with E-state index in [9.17, 15) is 4.79 Å². The third kappa shape index (κ3) is 6.66. The van der Waals surface area contributed by atoms with Crippen molar-refractivity contribution in [1.29, 1.82) is 0 Å². The normalized spacial score (nSPS) is 16.0. The molecule has 1 fully saturated rings. The van der Waals surface area contributed by atoms with Gasteiger partial charge in [0.25, 0.3) is 0 Å². The number of methoxy groups -OCH3 is 2. The molecular weight excluding hydrogens is 363 g/mol. The molecule has 1 saturated heterocycles. The minimum absolute atomic E-state index is 0. The zero-order valence-corrected chi connectivity index (χ0v) is 16.5. The molecule has 1 amide bonds. The summed E-state index contributed by atoms with van der Waals surface area (Å²) in [6.45, 7) is 3.31. The molecule has 5 nitrogen and oxygen atoms in total. The summed E-state index contributed by atoms with van der Waals surface area (Å²) in [5, 5.41) is 7.01. The second-order valence-electron chi connectivity index (χ2n) is 6.43. The highest BCUT2D eigenvalue weighted by molar-refractivity contribution is 6.32. The number of benzene rings is 1. The van der Waals surface area contributed by atoms with E-state index in [0.717, 1.165) is 31.5 Å². The van der Waals surface area contributed by atoms with E-state index < -0.39 is 0 Å². The molecule has 0 atom stereocenters. The average Bonchev–Trinajstić information content (AvgIpc) is 2.59. The summed E-state index contributed by atoms with van der Waals surface area (Å²) in [5.74, 6) is 0.716. The van der Waals surface area contributed by atoms with E-state index in [-0.39, 0.29) is 23.7 Å². The van der Waals surface area contributed by atoms with Crippen LogP contribution in [0.25, 0.3) is 0 Å². The molecule has 0 unspecified atom stereocenters. The van der Waals surface area contributed by atoms with Crippen molar-refractivity contribution in [2.75, 3.05) is 40.5 Å². The minimum Gasteiger partial charge on any atom is -0.495 e. The zero-order valence-electron chi connectivity index (χ0n) is 14.9. The van der Waals surface area contributed by atoms with E-state index in [1.54, 1.807) is 14.2 Å². The van der Waals surface area contributed by atoms with Gasteiger partial charge in [0.2, 0.25) is 5.91 Å². The maximum Gasteiger partial charge on any atom is 0.220 e. The zero-order chi connectivity index (χ0) is 17.4. The Morgan fingerprint density at radius 1 is 1.32 bits per heavy atom. The molecular formula is C18H28Cl2N2O3. The number of piperidine rings is 1. The number of halogens is 2. The SMILES string of the molecule is COCC1(CNC(=O)CCc2ccc(OC)c(Cl)c2)CCNCC1.Cl. The number of carbonyl (C=O) groups excluding carboxylic acids is 1. The quantitative estimate of drug-likeness (QED) is 0.716. The highest BCUT2D eigenvalue weighted by Gasteiger charge is 2.32. The van der Waals surface area contributed by atoms with Crippen molar-refractivity contribution in [3.05, 3.63) is 28.8 Å². The Bertz CT molecular complexity index is 544. The number of nitrogens with one attached hydrogen (secondary N) is 2. The van der Waals surface area contributed by atoms with Crippen LogP contribution in [-0.2, 0) is 16.0 Å². The molecule has 1 aromatic carbocycles. The molecule has 2 rings (SSSR count). The molecule has 1 heterocycles. The Kier molecular flexibility index (Phi) is 9.57. The molecule has 0 saturated carbocycles. The molecule has 2 N–H and O–H groups in total. The van der Waals surface area contributed by atoms with Gasteiger partial charge in [-0.3, -0.25) is 4.79 Å². The fourth-order valence-corrected chi connectivity index (χ4v) is 3.41. The van der Waals surface area contributed by atoms with E-state index in [0.29, 0.717) is 36.8 Å². The molecule has 142 valence electrons. The van der Waals surface area contributed by atoms with E-state index in [1.165, 1.54) is 0 Å². The van der Waals surface area contributed by atoms with Gasteiger partial charge in [0.15, 0.2) is 0 Å². The van der Waals surface area contributed by atoms with Crippen LogP contribution in [0.2, 0.25) is 5.02 Å². The topological polar surface area (TPSA) is 59.6 Å². The van der Waals surface area contributed by atoms with Crippen LogP contribution >= 0.6 is 24.0 Å². The van der Waals surface area contributed by atoms with Crippen LogP contribution in [0.15, 0.2) is 18.2 Å². The minimum atomic E-state index is 0. The third-order valence-corrected chi connectivity index (χ3v) is 4.93. The highest BCUT2D eigenvalue weighted by atomic mass is 35.5. The van der Waals surface area contributed by atoms with Gasteiger partial charge >= 0.3 is 0 Å². The van der Waals surface area contributed by atoms with Crippen molar-refractivity contribution >= 4 is 29.9 Å². The molecule has 7 heteroatoms. The molecule has 1 aromatic rings. The largest absolute Gasteiger partial charge is 0.495 e. The average molecular weight is 391 g/mol. The van der Waals surface area contributed by atoms with Crippen LogP contribution in [0, 0.1) is 5.41 Å². The lowest BCUT2D eigenvalue weighted by Crippen LogP contribution is -2.47. The Balaban J connectivity index is 0.00000312. The second-order valence-corrected chi connectivity index (χ2v) is 6.84. The third-order valence-electron chi connectivity index (χ3n) is 4.63. The van der Waals surface area contributed by atoms with E-state index in [4.69, 9.17) is 21.1 Å². The number of rotatable bonds is 8. The Labute approximate surface area is 161 Å². The van der Waals surface area contributed by atoms with Crippen molar-refractivity contribution in [3.63, 3.8) is 0 Å². The summed E-state index contributed by atoms with van der Waals surface area (Å²) in [7, 11) is 3.31. The van der Waals surface area contributed by atoms with Gasteiger partial charge in [-0.1, -0.05) is 17.7 Å². The first kappa shape index (κ1) is 22.0. The van der Waals surface area contributed by atoms with E-state index in [1.807, 2.05) is 18.2 Å². The van der Waals surface area contributed by atoms with Crippen molar-refractivity contribution in [2.24, 2.45) is 5.41 Å². The van der Waals surface area contributed by atoms with Gasteiger partial charge < -0.3 is 20.1 Å². The molecule has 0 radical (unpaired) electrons. The van der Waals surface area contributed by atoms with Crippen LogP contribution < -0.4 is 15.4 Å². The molecule has 1 aliphatic rings. The summed E-state index contributed by atoms with van der Waals surface area (Å²) in [5.41, 5.74) is 1.09. The van der Waals surface area contributed by atoms with Gasteiger partial charge in [-0.2, -0.15) is 0 Å². The Morgan fingerprint density at radius 2 is 2.04 bits per heavy atom.